The molecule has 0 aliphatic heterocycles. The van der Waals surface area contributed by atoms with Crippen molar-refractivity contribution < 1.29 is 8.42 Å². The van der Waals surface area contributed by atoms with E-state index in [0.717, 1.165) is 9.79 Å². The van der Waals surface area contributed by atoms with E-state index in [0.29, 0.717) is 10.6 Å². The lowest BCUT2D eigenvalue weighted by atomic mass is 10.2. The summed E-state index contributed by atoms with van der Waals surface area (Å²) in [5.74, 6) is 0. The minimum absolute atomic E-state index is 0.152. The van der Waals surface area contributed by atoms with Crippen LogP contribution in [0.3, 0.4) is 0 Å². The third-order valence-corrected chi connectivity index (χ3v) is 6.49. The van der Waals surface area contributed by atoms with E-state index in [1.54, 1.807) is 42.5 Å². The van der Waals surface area contributed by atoms with Crippen LogP contribution in [0, 0.1) is 11.3 Å². The maximum atomic E-state index is 12.7. The number of halogens is 1. The van der Waals surface area contributed by atoms with Crippen LogP contribution in [-0.4, -0.2) is 13.4 Å². The van der Waals surface area contributed by atoms with Gasteiger partial charge in [0.1, 0.15) is 6.07 Å². The fourth-order valence-electron chi connectivity index (χ4n) is 2.25. The number of benzene rings is 2. The third-order valence-electron chi connectivity index (χ3n) is 3.56. The summed E-state index contributed by atoms with van der Waals surface area (Å²) in [6.45, 7) is 0. The van der Waals surface area contributed by atoms with Gasteiger partial charge in [-0.2, -0.15) is 5.26 Å². The first-order valence-corrected chi connectivity index (χ1v) is 10.5. The summed E-state index contributed by atoms with van der Waals surface area (Å²) in [5, 5.41) is 9.94. The van der Waals surface area contributed by atoms with Gasteiger partial charge in [-0.1, -0.05) is 47.6 Å². The van der Waals surface area contributed by atoms with Gasteiger partial charge in [0, 0.05) is 21.0 Å². The van der Waals surface area contributed by atoms with Crippen LogP contribution >= 0.6 is 23.4 Å². The summed E-state index contributed by atoms with van der Waals surface area (Å²) in [6.07, 6.45) is 2.76. The quantitative estimate of drug-likeness (QED) is 0.537. The molecule has 0 N–H and O–H groups in total. The molecule has 1 aromatic heterocycles. The number of nitriles is 1. The summed E-state index contributed by atoms with van der Waals surface area (Å²) in [5.41, 5.74) is 0.633. The van der Waals surface area contributed by atoms with Gasteiger partial charge in [-0.15, -0.1) is 0 Å². The summed E-state index contributed by atoms with van der Waals surface area (Å²) >= 11 is 7.37. The number of hydrogen-bond donors (Lipinski definition) is 0. The van der Waals surface area contributed by atoms with E-state index in [2.05, 4.69) is 4.98 Å². The second kappa shape index (κ2) is 8.40. The molecule has 0 aliphatic rings. The van der Waals surface area contributed by atoms with E-state index in [9.17, 15) is 13.7 Å². The predicted molar refractivity (Wildman–Crippen MR) is 107 cm³/mol. The second-order valence-electron chi connectivity index (χ2n) is 5.39. The molecule has 0 amide bonds. The molecule has 0 saturated carbocycles. The Kier molecular flexibility index (Phi) is 5.97. The van der Waals surface area contributed by atoms with Crippen LogP contribution in [0.15, 0.2) is 92.6 Å². The SMILES string of the molecule is N#C/C(=C/c1ccccc1Sc1ccc(Cl)cc1)S(=O)(=O)c1ccccn1. The predicted octanol–water partition coefficient (Wildman–Crippen LogP) is 5.22. The highest BCUT2D eigenvalue weighted by molar-refractivity contribution is 7.99. The Labute approximate surface area is 167 Å². The lowest BCUT2D eigenvalue weighted by Crippen LogP contribution is -2.05. The van der Waals surface area contributed by atoms with Crippen molar-refractivity contribution in [2.24, 2.45) is 0 Å². The normalized spacial score (nSPS) is 11.8. The molecule has 0 aliphatic carbocycles. The van der Waals surface area contributed by atoms with E-state index in [1.807, 2.05) is 24.3 Å². The van der Waals surface area contributed by atoms with Crippen LogP contribution in [0.2, 0.25) is 5.02 Å². The molecular weight excluding hydrogens is 400 g/mol. The first-order valence-electron chi connectivity index (χ1n) is 7.81. The van der Waals surface area contributed by atoms with Crippen molar-refractivity contribution in [3.05, 3.63) is 88.4 Å². The lowest BCUT2D eigenvalue weighted by Gasteiger charge is -2.07. The largest absolute Gasteiger partial charge is 0.244 e. The molecule has 0 bridgehead atoms. The Bertz CT molecular complexity index is 1120. The molecule has 0 radical (unpaired) electrons. The van der Waals surface area contributed by atoms with Gasteiger partial charge < -0.3 is 0 Å². The molecule has 0 atom stereocenters. The Morgan fingerprint density at radius 1 is 1.04 bits per heavy atom. The van der Waals surface area contributed by atoms with Crippen LogP contribution in [0.4, 0.5) is 0 Å². The molecule has 7 heteroatoms. The topological polar surface area (TPSA) is 70.8 Å². The summed E-state index contributed by atoms with van der Waals surface area (Å²) in [6, 6.07) is 21.0. The molecule has 134 valence electrons. The number of pyridine rings is 1. The maximum Gasteiger partial charge on any atom is 0.233 e. The Morgan fingerprint density at radius 3 is 2.41 bits per heavy atom. The van der Waals surface area contributed by atoms with Crippen molar-refractivity contribution in [3.8, 4) is 6.07 Å². The lowest BCUT2D eigenvalue weighted by molar-refractivity contribution is 0.600. The fraction of sp³-hybridized carbons (Fsp3) is 0. The Morgan fingerprint density at radius 2 is 1.74 bits per heavy atom. The molecule has 3 aromatic rings. The molecule has 0 spiro atoms. The number of aromatic nitrogens is 1. The number of allylic oxidation sites excluding steroid dienone is 1. The maximum absolute atomic E-state index is 12.7. The zero-order chi connectivity index (χ0) is 19.3. The molecule has 0 fully saturated rings. The summed E-state index contributed by atoms with van der Waals surface area (Å²) in [7, 11) is -3.98. The number of nitrogens with zero attached hydrogens (tertiary/aromatic N) is 2. The molecule has 4 nitrogen and oxygen atoms in total. The highest BCUT2D eigenvalue weighted by Crippen LogP contribution is 2.33. The summed E-state index contributed by atoms with van der Waals surface area (Å²) in [4.78, 5) is 5.28. The van der Waals surface area contributed by atoms with Crippen molar-refractivity contribution in [2.45, 2.75) is 14.8 Å². The van der Waals surface area contributed by atoms with Gasteiger partial charge in [0.15, 0.2) is 9.93 Å². The van der Waals surface area contributed by atoms with Gasteiger partial charge in [-0.05, 0) is 54.1 Å². The standard InChI is InChI=1S/C20H13ClN2O2S2/c21-16-8-10-17(11-9-16)26-19-6-2-1-5-15(19)13-18(14-22)27(24,25)20-7-3-4-12-23-20/h1-13H/b18-13-. The van der Waals surface area contributed by atoms with Crippen LogP contribution in [-0.2, 0) is 9.84 Å². The highest BCUT2D eigenvalue weighted by atomic mass is 35.5. The van der Waals surface area contributed by atoms with Crippen molar-refractivity contribution in [1.82, 2.24) is 4.98 Å². The molecular formula is C20H13ClN2O2S2. The fourth-order valence-corrected chi connectivity index (χ4v) is 4.38. The van der Waals surface area contributed by atoms with E-state index in [1.165, 1.54) is 30.1 Å². The number of rotatable bonds is 5. The zero-order valence-corrected chi connectivity index (χ0v) is 16.3. The Hall–Kier alpha value is -2.59. The smallest absolute Gasteiger partial charge is 0.233 e. The van der Waals surface area contributed by atoms with E-state index in [-0.39, 0.29) is 9.93 Å². The van der Waals surface area contributed by atoms with Crippen LogP contribution < -0.4 is 0 Å². The molecule has 0 unspecified atom stereocenters. The van der Waals surface area contributed by atoms with Gasteiger partial charge in [-0.3, -0.25) is 0 Å². The van der Waals surface area contributed by atoms with Crippen molar-refractivity contribution in [1.29, 1.82) is 5.26 Å². The van der Waals surface area contributed by atoms with Crippen molar-refractivity contribution in [2.75, 3.05) is 0 Å². The first kappa shape index (κ1) is 19.2. The molecule has 2 aromatic carbocycles. The highest BCUT2D eigenvalue weighted by Gasteiger charge is 2.22. The monoisotopic (exact) mass is 412 g/mol. The minimum atomic E-state index is -3.98. The van der Waals surface area contributed by atoms with Gasteiger partial charge in [0.2, 0.25) is 9.84 Å². The van der Waals surface area contributed by atoms with Gasteiger partial charge in [0.25, 0.3) is 0 Å². The van der Waals surface area contributed by atoms with Gasteiger partial charge in [0.05, 0.1) is 0 Å². The van der Waals surface area contributed by atoms with Crippen LogP contribution in [0.5, 0.6) is 0 Å². The van der Waals surface area contributed by atoms with E-state index >= 15 is 0 Å². The molecule has 0 saturated heterocycles. The second-order valence-corrected chi connectivity index (χ2v) is 8.80. The molecule has 3 rings (SSSR count). The third kappa shape index (κ3) is 4.58. The minimum Gasteiger partial charge on any atom is -0.244 e. The average Bonchev–Trinajstić information content (AvgIpc) is 2.69. The first-order chi connectivity index (χ1) is 13.0. The van der Waals surface area contributed by atoms with E-state index in [4.69, 9.17) is 11.6 Å². The van der Waals surface area contributed by atoms with Crippen molar-refractivity contribution in [3.63, 3.8) is 0 Å². The average molecular weight is 413 g/mol. The van der Waals surface area contributed by atoms with Crippen LogP contribution in [0.1, 0.15) is 5.56 Å². The van der Waals surface area contributed by atoms with Gasteiger partial charge in [-0.25, -0.2) is 13.4 Å². The zero-order valence-electron chi connectivity index (χ0n) is 13.9. The molecule has 1 heterocycles. The van der Waals surface area contributed by atoms with Gasteiger partial charge >= 0.3 is 0 Å². The van der Waals surface area contributed by atoms with Crippen LogP contribution in [0.25, 0.3) is 6.08 Å². The number of hydrogen-bond acceptors (Lipinski definition) is 5. The molecule has 27 heavy (non-hydrogen) atoms. The van der Waals surface area contributed by atoms with E-state index < -0.39 is 9.84 Å². The van der Waals surface area contributed by atoms with Crippen molar-refractivity contribution >= 4 is 39.3 Å². The summed E-state index contributed by atoms with van der Waals surface area (Å²) < 4.78 is 25.4. The Balaban J connectivity index is 2.01. The number of sulfone groups is 1.